The summed E-state index contributed by atoms with van der Waals surface area (Å²) in [6.07, 6.45) is 0.958. The first-order chi connectivity index (χ1) is 8.81. The number of benzene rings is 1. The number of rotatable bonds is 2. The summed E-state index contributed by atoms with van der Waals surface area (Å²) in [4.78, 5) is 2.29. The van der Waals surface area contributed by atoms with Gasteiger partial charge in [-0.3, -0.25) is 4.90 Å². The van der Waals surface area contributed by atoms with Crippen LogP contribution in [0.1, 0.15) is 25.8 Å². The predicted octanol–water partition coefficient (Wildman–Crippen LogP) is 3.69. The SMILES string of the molecule is CC1(C)CN(Cc2ccc(F)c(Cl)c2Cl)CCC1N. The summed E-state index contributed by atoms with van der Waals surface area (Å²) in [6, 6.07) is 3.28. The maximum atomic E-state index is 13.3. The Morgan fingerprint density at radius 1 is 1.37 bits per heavy atom. The zero-order valence-electron chi connectivity index (χ0n) is 11.2. The molecule has 0 bridgehead atoms. The molecule has 1 aromatic carbocycles. The van der Waals surface area contributed by atoms with Crippen LogP contribution in [0.15, 0.2) is 12.1 Å². The summed E-state index contributed by atoms with van der Waals surface area (Å²) >= 11 is 11.9. The Morgan fingerprint density at radius 3 is 2.68 bits per heavy atom. The van der Waals surface area contributed by atoms with Crippen molar-refractivity contribution in [1.82, 2.24) is 4.90 Å². The quantitative estimate of drug-likeness (QED) is 0.844. The summed E-state index contributed by atoms with van der Waals surface area (Å²) in [5.41, 5.74) is 7.06. The van der Waals surface area contributed by atoms with Crippen molar-refractivity contribution in [2.24, 2.45) is 11.1 Å². The molecule has 1 aromatic rings. The highest BCUT2D eigenvalue weighted by Gasteiger charge is 2.33. The second-order valence-corrected chi connectivity index (χ2v) is 6.68. The van der Waals surface area contributed by atoms with Gasteiger partial charge >= 0.3 is 0 Å². The molecular weight excluding hydrogens is 286 g/mol. The number of hydrogen-bond donors (Lipinski definition) is 1. The van der Waals surface area contributed by atoms with Crippen LogP contribution in [0.4, 0.5) is 4.39 Å². The van der Waals surface area contributed by atoms with Gasteiger partial charge in [-0.05, 0) is 23.5 Å². The molecule has 0 aliphatic carbocycles. The van der Waals surface area contributed by atoms with Crippen LogP contribution < -0.4 is 5.73 Å². The Hall–Kier alpha value is -0.350. The van der Waals surface area contributed by atoms with Crippen molar-refractivity contribution in [3.63, 3.8) is 0 Å². The zero-order valence-corrected chi connectivity index (χ0v) is 12.7. The lowest BCUT2D eigenvalue weighted by Gasteiger charge is -2.42. The Balaban J connectivity index is 2.12. The number of likely N-dealkylation sites (tertiary alicyclic amines) is 1. The van der Waals surface area contributed by atoms with Gasteiger partial charge < -0.3 is 5.73 Å². The number of nitrogens with two attached hydrogens (primary N) is 1. The largest absolute Gasteiger partial charge is 0.327 e. The van der Waals surface area contributed by atoms with E-state index in [1.807, 2.05) is 0 Å². The molecule has 2 N–H and O–H groups in total. The predicted molar refractivity (Wildman–Crippen MR) is 78.1 cm³/mol. The molecule has 2 rings (SSSR count). The van der Waals surface area contributed by atoms with E-state index in [1.165, 1.54) is 6.07 Å². The van der Waals surface area contributed by atoms with E-state index in [1.54, 1.807) is 6.07 Å². The molecule has 1 saturated heterocycles. The van der Waals surface area contributed by atoms with Gasteiger partial charge in [0.1, 0.15) is 5.82 Å². The highest BCUT2D eigenvalue weighted by atomic mass is 35.5. The summed E-state index contributed by atoms with van der Waals surface area (Å²) in [5, 5.41) is 0.321. The molecule has 1 aliphatic rings. The Bertz CT molecular complexity index is 477. The molecule has 19 heavy (non-hydrogen) atoms. The van der Waals surface area contributed by atoms with Crippen molar-refractivity contribution in [3.05, 3.63) is 33.6 Å². The van der Waals surface area contributed by atoms with Crippen LogP contribution in [0.5, 0.6) is 0 Å². The monoisotopic (exact) mass is 304 g/mol. The van der Waals surface area contributed by atoms with Gasteiger partial charge in [0.2, 0.25) is 0 Å². The van der Waals surface area contributed by atoms with Crippen LogP contribution in [0, 0.1) is 11.2 Å². The van der Waals surface area contributed by atoms with E-state index >= 15 is 0 Å². The molecule has 106 valence electrons. The summed E-state index contributed by atoms with van der Waals surface area (Å²) in [6.45, 7) is 6.84. The van der Waals surface area contributed by atoms with Gasteiger partial charge in [0.05, 0.1) is 10.0 Å². The van der Waals surface area contributed by atoms with Gasteiger partial charge in [0, 0.05) is 25.7 Å². The van der Waals surface area contributed by atoms with Crippen molar-refractivity contribution in [2.75, 3.05) is 13.1 Å². The Kier molecular flexibility index (Phi) is 4.41. The van der Waals surface area contributed by atoms with Gasteiger partial charge in [-0.2, -0.15) is 0 Å². The summed E-state index contributed by atoms with van der Waals surface area (Å²) in [7, 11) is 0. The third kappa shape index (κ3) is 3.22. The Labute approximate surface area is 123 Å². The van der Waals surface area contributed by atoms with Gasteiger partial charge in [-0.1, -0.05) is 43.1 Å². The van der Waals surface area contributed by atoms with Crippen LogP contribution in [0.3, 0.4) is 0 Å². The summed E-state index contributed by atoms with van der Waals surface area (Å²) in [5.74, 6) is -0.476. The minimum Gasteiger partial charge on any atom is -0.327 e. The van der Waals surface area contributed by atoms with Gasteiger partial charge in [0.15, 0.2) is 0 Å². The van der Waals surface area contributed by atoms with Crippen LogP contribution in [0.2, 0.25) is 10.0 Å². The van der Waals surface area contributed by atoms with E-state index in [-0.39, 0.29) is 16.5 Å². The lowest BCUT2D eigenvalue weighted by molar-refractivity contribution is 0.0899. The van der Waals surface area contributed by atoms with Crippen molar-refractivity contribution >= 4 is 23.2 Å². The van der Waals surface area contributed by atoms with E-state index in [0.29, 0.717) is 11.6 Å². The zero-order chi connectivity index (χ0) is 14.2. The fourth-order valence-electron chi connectivity index (χ4n) is 2.55. The third-order valence-electron chi connectivity index (χ3n) is 3.90. The van der Waals surface area contributed by atoms with Crippen LogP contribution in [0.25, 0.3) is 0 Å². The topological polar surface area (TPSA) is 29.3 Å². The van der Waals surface area contributed by atoms with Gasteiger partial charge in [-0.25, -0.2) is 4.39 Å². The first-order valence-corrected chi connectivity index (χ1v) is 7.17. The highest BCUT2D eigenvalue weighted by Crippen LogP contribution is 2.32. The minimum atomic E-state index is -0.476. The molecule has 1 fully saturated rings. The maximum absolute atomic E-state index is 13.3. The van der Waals surface area contributed by atoms with E-state index in [9.17, 15) is 4.39 Å². The minimum absolute atomic E-state index is 0.00661. The second kappa shape index (κ2) is 5.57. The summed E-state index contributed by atoms with van der Waals surface area (Å²) < 4.78 is 13.3. The number of nitrogens with zero attached hydrogens (tertiary/aromatic N) is 1. The average molecular weight is 305 g/mol. The van der Waals surface area contributed by atoms with Gasteiger partial charge in [0.25, 0.3) is 0 Å². The smallest absolute Gasteiger partial charge is 0.143 e. The van der Waals surface area contributed by atoms with Crippen molar-refractivity contribution in [1.29, 1.82) is 0 Å². The van der Waals surface area contributed by atoms with Crippen molar-refractivity contribution in [2.45, 2.75) is 32.9 Å². The molecule has 1 heterocycles. The molecule has 0 aromatic heterocycles. The highest BCUT2D eigenvalue weighted by molar-refractivity contribution is 6.42. The first kappa shape index (κ1) is 15.0. The van der Waals surface area contributed by atoms with Crippen molar-refractivity contribution in [3.8, 4) is 0 Å². The fraction of sp³-hybridized carbons (Fsp3) is 0.571. The standard InChI is InChI=1S/C14H19Cl2FN2/c1-14(2)8-19(6-5-11(14)18)7-9-3-4-10(17)13(16)12(9)15/h3-4,11H,5-8,18H2,1-2H3. The lowest BCUT2D eigenvalue weighted by Crippen LogP contribution is -2.52. The molecule has 0 spiro atoms. The number of halogens is 3. The van der Waals surface area contributed by atoms with Crippen LogP contribution in [-0.2, 0) is 6.54 Å². The van der Waals surface area contributed by atoms with Gasteiger partial charge in [-0.15, -0.1) is 0 Å². The third-order valence-corrected chi connectivity index (χ3v) is 4.80. The molecule has 0 amide bonds. The van der Waals surface area contributed by atoms with Crippen LogP contribution >= 0.6 is 23.2 Å². The molecule has 0 radical (unpaired) electrons. The van der Waals surface area contributed by atoms with E-state index in [4.69, 9.17) is 28.9 Å². The second-order valence-electron chi connectivity index (χ2n) is 5.93. The molecular formula is C14H19Cl2FN2. The van der Waals surface area contributed by atoms with Crippen LogP contribution in [-0.4, -0.2) is 24.0 Å². The molecule has 2 nitrogen and oxygen atoms in total. The molecule has 5 heteroatoms. The number of piperidine rings is 1. The lowest BCUT2D eigenvalue weighted by atomic mass is 9.79. The van der Waals surface area contributed by atoms with Crippen molar-refractivity contribution < 1.29 is 4.39 Å². The number of hydrogen-bond acceptors (Lipinski definition) is 2. The maximum Gasteiger partial charge on any atom is 0.143 e. The first-order valence-electron chi connectivity index (χ1n) is 6.41. The Morgan fingerprint density at radius 2 is 2.05 bits per heavy atom. The van der Waals surface area contributed by atoms with E-state index in [2.05, 4.69) is 18.7 Å². The molecule has 1 unspecified atom stereocenters. The average Bonchev–Trinajstić information content (AvgIpc) is 2.34. The normalized spacial score (nSPS) is 23.6. The molecule has 1 atom stereocenters. The van der Waals surface area contributed by atoms with E-state index in [0.717, 1.165) is 25.1 Å². The molecule has 1 aliphatic heterocycles. The fourth-order valence-corrected chi connectivity index (χ4v) is 2.95. The molecule has 0 saturated carbocycles. The van der Waals surface area contributed by atoms with E-state index < -0.39 is 5.82 Å².